The molecule has 0 fully saturated rings. The lowest BCUT2D eigenvalue weighted by molar-refractivity contribution is -0.146. The molecule has 6 heteroatoms. The van der Waals surface area contributed by atoms with E-state index < -0.39 is 17.5 Å². The van der Waals surface area contributed by atoms with Gasteiger partial charge in [0, 0.05) is 17.7 Å². The molecule has 30 heavy (non-hydrogen) atoms. The summed E-state index contributed by atoms with van der Waals surface area (Å²) < 4.78 is 11.6. The van der Waals surface area contributed by atoms with Gasteiger partial charge in [0.2, 0.25) is 0 Å². The molecule has 3 rings (SSSR count). The summed E-state index contributed by atoms with van der Waals surface area (Å²) in [6, 6.07) is 23.8. The van der Waals surface area contributed by atoms with Crippen LogP contribution in [0.3, 0.4) is 0 Å². The maximum Gasteiger partial charge on any atom is 0.376 e. The third kappa shape index (κ3) is 5.97. The normalized spacial score (nSPS) is 11.0. The number of hydrogen-bond acceptors (Lipinski definition) is 5. The summed E-state index contributed by atoms with van der Waals surface area (Å²) in [7, 11) is 0. The van der Waals surface area contributed by atoms with Gasteiger partial charge in [-0.2, -0.15) is 0 Å². The van der Waals surface area contributed by atoms with Crippen LogP contribution in [0.4, 0.5) is 0 Å². The summed E-state index contributed by atoms with van der Waals surface area (Å²) in [5.74, 6) is -2.56. The number of benzene rings is 3. The fraction of sp³-hybridized carbons (Fsp3) is 0.0833. The van der Waals surface area contributed by atoms with Gasteiger partial charge in [-0.3, -0.25) is 4.79 Å². The molecule has 0 unspecified atom stereocenters. The molecule has 0 saturated heterocycles. The zero-order chi connectivity index (χ0) is 21.3. The van der Waals surface area contributed by atoms with Crippen LogP contribution in [-0.2, 0) is 22.8 Å². The van der Waals surface area contributed by atoms with E-state index in [0.29, 0.717) is 30.8 Å². The summed E-state index contributed by atoms with van der Waals surface area (Å²) in [5, 5.41) is 19.0. The van der Waals surface area contributed by atoms with Gasteiger partial charge in [0.05, 0.1) is 0 Å². The third-order valence-electron chi connectivity index (χ3n) is 4.15. The van der Waals surface area contributed by atoms with Gasteiger partial charge in [-0.25, -0.2) is 4.79 Å². The predicted octanol–water partition coefficient (Wildman–Crippen LogP) is 4.40. The Labute approximate surface area is 173 Å². The summed E-state index contributed by atoms with van der Waals surface area (Å²) in [6.45, 7) is 0.585. The highest BCUT2D eigenvalue weighted by Crippen LogP contribution is 2.28. The standard InChI is InChI=1S/C24H20O6/c25-22(14-23(26)24(27)28)19-11-20(29-15-17-7-3-1-4-8-17)13-21(12-19)30-16-18-9-5-2-6-10-18/h1-14,25H,15-16H2,(H,27,28). The van der Waals surface area contributed by atoms with E-state index in [1.807, 2.05) is 60.7 Å². The zero-order valence-electron chi connectivity index (χ0n) is 16.0. The van der Waals surface area contributed by atoms with E-state index in [9.17, 15) is 14.7 Å². The van der Waals surface area contributed by atoms with Crippen molar-refractivity contribution in [1.29, 1.82) is 0 Å². The molecule has 6 nitrogen and oxygen atoms in total. The first-order valence-corrected chi connectivity index (χ1v) is 9.18. The average molecular weight is 404 g/mol. The number of carboxylic acid groups (broad SMARTS) is 1. The Morgan fingerprint density at radius 2 is 1.20 bits per heavy atom. The van der Waals surface area contributed by atoms with Crippen molar-refractivity contribution in [3.05, 3.63) is 102 Å². The van der Waals surface area contributed by atoms with E-state index >= 15 is 0 Å². The molecule has 0 bridgehead atoms. The van der Waals surface area contributed by atoms with Gasteiger partial charge >= 0.3 is 5.97 Å². The average Bonchev–Trinajstić information content (AvgIpc) is 2.77. The van der Waals surface area contributed by atoms with Crippen molar-refractivity contribution < 1.29 is 29.3 Å². The molecule has 0 heterocycles. The van der Waals surface area contributed by atoms with Crippen LogP contribution in [0, 0.1) is 0 Å². The number of carbonyl (C=O) groups excluding carboxylic acids is 1. The van der Waals surface area contributed by atoms with Crippen molar-refractivity contribution in [1.82, 2.24) is 0 Å². The number of rotatable bonds is 9. The van der Waals surface area contributed by atoms with Crippen LogP contribution >= 0.6 is 0 Å². The molecule has 0 aliphatic heterocycles. The molecule has 0 aromatic heterocycles. The van der Waals surface area contributed by atoms with Crippen LogP contribution in [0.2, 0.25) is 0 Å². The minimum Gasteiger partial charge on any atom is -0.507 e. The van der Waals surface area contributed by atoms with E-state index in [1.165, 1.54) is 12.1 Å². The van der Waals surface area contributed by atoms with Crippen molar-refractivity contribution >= 4 is 17.5 Å². The first kappa shape index (κ1) is 20.7. The highest BCUT2D eigenvalue weighted by atomic mass is 16.5. The number of carboxylic acids is 1. The van der Waals surface area contributed by atoms with E-state index in [-0.39, 0.29) is 5.56 Å². The number of ether oxygens (including phenoxy) is 2. The smallest absolute Gasteiger partial charge is 0.376 e. The Balaban J connectivity index is 1.84. The quantitative estimate of drug-likeness (QED) is 0.312. The monoisotopic (exact) mass is 404 g/mol. The van der Waals surface area contributed by atoms with Crippen LogP contribution in [0.25, 0.3) is 5.76 Å². The summed E-state index contributed by atoms with van der Waals surface area (Å²) in [6.07, 6.45) is 0.652. The zero-order valence-corrected chi connectivity index (χ0v) is 16.0. The Hall–Kier alpha value is -4.06. The number of aliphatic carboxylic acids is 1. The molecular formula is C24H20O6. The van der Waals surface area contributed by atoms with Gasteiger partial charge < -0.3 is 19.7 Å². The van der Waals surface area contributed by atoms with Gasteiger partial charge in [0.25, 0.3) is 5.78 Å². The molecule has 0 amide bonds. The summed E-state index contributed by atoms with van der Waals surface area (Å²) in [4.78, 5) is 22.2. The second-order valence-corrected chi connectivity index (χ2v) is 6.44. The highest BCUT2D eigenvalue weighted by molar-refractivity contribution is 6.38. The lowest BCUT2D eigenvalue weighted by atomic mass is 10.1. The predicted molar refractivity (Wildman–Crippen MR) is 111 cm³/mol. The molecule has 0 radical (unpaired) electrons. The molecular weight excluding hydrogens is 384 g/mol. The van der Waals surface area contributed by atoms with Gasteiger partial charge in [-0.05, 0) is 23.3 Å². The minimum atomic E-state index is -1.65. The van der Waals surface area contributed by atoms with Crippen molar-refractivity contribution in [3.63, 3.8) is 0 Å². The summed E-state index contributed by atoms with van der Waals surface area (Å²) >= 11 is 0. The van der Waals surface area contributed by atoms with E-state index in [2.05, 4.69) is 0 Å². The molecule has 0 aliphatic rings. The Morgan fingerprint density at radius 3 is 1.63 bits per heavy atom. The third-order valence-corrected chi connectivity index (χ3v) is 4.15. The molecule has 3 aromatic rings. The largest absolute Gasteiger partial charge is 0.507 e. The second kappa shape index (κ2) is 9.93. The number of aliphatic hydroxyl groups is 1. The van der Waals surface area contributed by atoms with Gasteiger partial charge in [0.1, 0.15) is 30.5 Å². The number of hydrogen-bond donors (Lipinski definition) is 2. The topological polar surface area (TPSA) is 93.1 Å². The Morgan fingerprint density at radius 1 is 0.733 bits per heavy atom. The van der Waals surface area contributed by atoms with Crippen LogP contribution in [0.1, 0.15) is 16.7 Å². The Kier molecular flexibility index (Phi) is 6.84. The van der Waals surface area contributed by atoms with Crippen LogP contribution in [0.5, 0.6) is 11.5 Å². The maximum absolute atomic E-state index is 11.4. The second-order valence-electron chi connectivity index (χ2n) is 6.44. The molecule has 0 aliphatic carbocycles. The molecule has 0 saturated carbocycles. The lowest BCUT2D eigenvalue weighted by Crippen LogP contribution is -2.09. The van der Waals surface area contributed by atoms with Crippen molar-refractivity contribution in [3.8, 4) is 11.5 Å². The fourth-order valence-electron chi connectivity index (χ4n) is 2.64. The first-order chi connectivity index (χ1) is 14.5. The lowest BCUT2D eigenvalue weighted by Gasteiger charge is -2.12. The summed E-state index contributed by atoms with van der Waals surface area (Å²) in [5.41, 5.74) is 2.11. The molecule has 0 spiro atoms. The Bertz CT molecular complexity index is 980. The number of ketones is 1. The van der Waals surface area contributed by atoms with Crippen molar-refractivity contribution in [2.45, 2.75) is 13.2 Å². The van der Waals surface area contributed by atoms with Gasteiger partial charge in [-0.15, -0.1) is 0 Å². The maximum atomic E-state index is 11.4. The molecule has 0 atom stereocenters. The molecule has 2 N–H and O–H groups in total. The van der Waals surface area contributed by atoms with Crippen molar-refractivity contribution in [2.75, 3.05) is 0 Å². The van der Waals surface area contributed by atoms with Crippen LogP contribution in [-0.4, -0.2) is 22.0 Å². The first-order valence-electron chi connectivity index (χ1n) is 9.18. The molecule has 3 aromatic carbocycles. The highest BCUT2D eigenvalue weighted by Gasteiger charge is 2.13. The minimum absolute atomic E-state index is 0.207. The number of carbonyl (C=O) groups is 2. The molecule has 152 valence electrons. The van der Waals surface area contributed by atoms with Crippen molar-refractivity contribution in [2.24, 2.45) is 0 Å². The van der Waals surface area contributed by atoms with E-state index in [4.69, 9.17) is 14.6 Å². The van der Waals surface area contributed by atoms with Gasteiger partial charge in [-0.1, -0.05) is 60.7 Å². The fourth-order valence-corrected chi connectivity index (χ4v) is 2.64. The van der Waals surface area contributed by atoms with Crippen LogP contribution < -0.4 is 9.47 Å². The van der Waals surface area contributed by atoms with E-state index in [0.717, 1.165) is 11.1 Å². The SMILES string of the molecule is O=C(O)C(=O)C=C(O)c1cc(OCc2ccccc2)cc(OCc2ccccc2)c1. The number of aliphatic hydroxyl groups excluding tert-OH is 1. The van der Waals surface area contributed by atoms with Gasteiger partial charge in [0.15, 0.2) is 0 Å². The van der Waals surface area contributed by atoms with Crippen LogP contribution in [0.15, 0.2) is 84.9 Å². The van der Waals surface area contributed by atoms with E-state index in [1.54, 1.807) is 6.07 Å².